The van der Waals surface area contributed by atoms with E-state index < -0.39 is 0 Å². The molecule has 1 unspecified atom stereocenters. The van der Waals surface area contributed by atoms with Gasteiger partial charge in [0.1, 0.15) is 12.1 Å². The first-order valence-electron chi connectivity index (χ1n) is 7.93. The van der Waals surface area contributed by atoms with Gasteiger partial charge in [-0.1, -0.05) is 17.3 Å². The van der Waals surface area contributed by atoms with Crippen molar-refractivity contribution in [3.05, 3.63) is 48.3 Å². The van der Waals surface area contributed by atoms with Crippen LogP contribution in [0.5, 0.6) is 0 Å². The van der Waals surface area contributed by atoms with Crippen molar-refractivity contribution in [3.8, 4) is 0 Å². The van der Waals surface area contributed by atoms with Crippen LogP contribution in [0.3, 0.4) is 0 Å². The summed E-state index contributed by atoms with van der Waals surface area (Å²) >= 11 is 0. The summed E-state index contributed by atoms with van der Waals surface area (Å²) in [5, 5.41) is 8.25. The zero-order chi connectivity index (χ0) is 15.8. The maximum atomic E-state index is 12.8. The van der Waals surface area contributed by atoms with Crippen LogP contribution in [0, 0.1) is 0 Å². The van der Waals surface area contributed by atoms with Gasteiger partial charge in [-0.3, -0.25) is 4.79 Å². The minimum Gasteiger partial charge on any atom is -0.353 e. The number of aromatic nitrogens is 4. The van der Waals surface area contributed by atoms with E-state index in [2.05, 4.69) is 20.9 Å². The van der Waals surface area contributed by atoms with Crippen molar-refractivity contribution in [2.45, 2.75) is 25.4 Å². The molecule has 4 rings (SSSR count). The van der Waals surface area contributed by atoms with Gasteiger partial charge in [-0.05, 0) is 37.1 Å². The van der Waals surface area contributed by atoms with Crippen LogP contribution in [-0.4, -0.2) is 36.9 Å². The number of nitrogens with zero attached hydrogens (tertiary/aromatic N) is 5. The first-order chi connectivity index (χ1) is 11.2. The molecule has 1 atom stereocenters. The number of fused-ring (bicyclic) bond motifs is 1. The third kappa shape index (κ3) is 2.40. The Morgan fingerprint density at radius 3 is 2.96 bits per heavy atom. The standard InChI is InChI=1S/C17H19N5O/c1-20-10-4-8-15(20)16-9-5-11-21(16)17(23)12-22-14-7-3-2-6-13(14)18-19-22/h2-4,6-8,10,16H,5,9,11-12H2,1H3. The van der Waals surface area contributed by atoms with Crippen molar-refractivity contribution < 1.29 is 4.79 Å². The number of para-hydroxylation sites is 1. The number of carbonyl (C=O) groups excluding carboxylic acids is 1. The summed E-state index contributed by atoms with van der Waals surface area (Å²) in [5.74, 6) is 0.101. The van der Waals surface area contributed by atoms with Gasteiger partial charge in [0, 0.05) is 25.5 Å². The van der Waals surface area contributed by atoms with E-state index in [0.29, 0.717) is 0 Å². The van der Waals surface area contributed by atoms with Crippen LogP contribution in [-0.2, 0) is 18.4 Å². The van der Waals surface area contributed by atoms with Crippen molar-refractivity contribution in [1.29, 1.82) is 0 Å². The molecule has 3 aromatic rings. The highest BCUT2D eigenvalue weighted by molar-refractivity contribution is 5.80. The summed E-state index contributed by atoms with van der Waals surface area (Å²) in [7, 11) is 2.03. The van der Waals surface area contributed by atoms with Gasteiger partial charge in [0.05, 0.1) is 11.6 Å². The predicted octanol–water partition coefficient (Wildman–Crippen LogP) is 2.13. The molecule has 6 heteroatoms. The summed E-state index contributed by atoms with van der Waals surface area (Å²) < 4.78 is 3.79. The Bertz CT molecular complexity index is 849. The van der Waals surface area contributed by atoms with Gasteiger partial charge in [-0.25, -0.2) is 4.68 Å². The van der Waals surface area contributed by atoms with Gasteiger partial charge in [0.25, 0.3) is 0 Å². The highest BCUT2D eigenvalue weighted by Crippen LogP contribution is 2.32. The third-order valence-corrected chi connectivity index (χ3v) is 4.60. The molecule has 1 amide bonds. The van der Waals surface area contributed by atoms with E-state index in [1.807, 2.05) is 48.5 Å². The molecule has 1 fully saturated rings. The summed E-state index contributed by atoms with van der Waals surface area (Å²) in [6.07, 6.45) is 4.09. The lowest BCUT2D eigenvalue weighted by Crippen LogP contribution is -2.34. The van der Waals surface area contributed by atoms with Crippen LogP contribution < -0.4 is 0 Å². The van der Waals surface area contributed by atoms with E-state index in [-0.39, 0.29) is 18.5 Å². The number of aryl methyl sites for hydroxylation is 1. The van der Waals surface area contributed by atoms with Gasteiger partial charge in [0.2, 0.25) is 5.91 Å². The molecule has 0 saturated carbocycles. The van der Waals surface area contributed by atoms with E-state index in [1.165, 1.54) is 5.69 Å². The molecule has 1 saturated heterocycles. The maximum Gasteiger partial charge on any atom is 0.244 e. The van der Waals surface area contributed by atoms with E-state index in [0.717, 1.165) is 30.4 Å². The van der Waals surface area contributed by atoms with Crippen LogP contribution in [0.4, 0.5) is 0 Å². The molecule has 0 N–H and O–H groups in total. The molecule has 0 radical (unpaired) electrons. The van der Waals surface area contributed by atoms with Gasteiger partial charge >= 0.3 is 0 Å². The molecule has 23 heavy (non-hydrogen) atoms. The zero-order valence-electron chi connectivity index (χ0n) is 13.1. The summed E-state index contributed by atoms with van der Waals surface area (Å²) in [4.78, 5) is 14.8. The lowest BCUT2D eigenvalue weighted by molar-refractivity contribution is -0.133. The largest absolute Gasteiger partial charge is 0.353 e. The number of hydrogen-bond donors (Lipinski definition) is 0. The maximum absolute atomic E-state index is 12.8. The zero-order valence-corrected chi connectivity index (χ0v) is 13.1. The van der Waals surface area contributed by atoms with Crippen molar-refractivity contribution in [2.24, 2.45) is 7.05 Å². The van der Waals surface area contributed by atoms with Crippen molar-refractivity contribution in [3.63, 3.8) is 0 Å². The Kier molecular flexibility index (Phi) is 3.37. The van der Waals surface area contributed by atoms with Crippen LogP contribution >= 0.6 is 0 Å². The number of carbonyl (C=O) groups is 1. The molecule has 6 nitrogen and oxygen atoms in total. The highest BCUT2D eigenvalue weighted by atomic mass is 16.2. The third-order valence-electron chi connectivity index (χ3n) is 4.60. The average molecular weight is 309 g/mol. The van der Waals surface area contributed by atoms with Gasteiger partial charge in [0.15, 0.2) is 0 Å². The molecular formula is C17H19N5O. The van der Waals surface area contributed by atoms with Crippen molar-refractivity contribution in [1.82, 2.24) is 24.5 Å². The second-order valence-electron chi connectivity index (χ2n) is 6.02. The van der Waals surface area contributed by atoms with E-state index in [4.69, 9.17) is 0 Å². The first kappa shape index (κ1) is 14.0. The number of amides is 1. The predicted molar refractivity (Wildman–Crippen MR) is 86.6 cm³/mol. The van der Waals surface area contributed by atoms with E-state index >= 15 is 0 Å². The first-order valence-corrected chi connectivity index (χ1v) is 7.93. The lowest BCUT2D eigenvalue weighted by Gasteiger charge is -2.25. The monoisotopic (exact) mass is 309 g/mol. The smallest absolute Gasteiger partial charge is 0.244 e. The number of hydrogen-bond acceptors (Lipinski definition) is 3. The van der Waals surface area contributed by atoms with Crippen molar-refractivity contribution in [2.75, 3.05) is 6.54 Å². The normalized spacial score (nSPS) is 18.0. The van der Waals surface area contributed by atoms with Crippen LogP contribution in [0.25, 0.3) is 11.0 Å². The Labute approximate surface area is 134 Å². The second kappa shape index (κ2) is 5.53. The molecule has 0 spiro atoms. The molecule has 0 bridgehead atoms. The highest BCUT2D eigenvalue weighted by Gasteiger charge is 2.31. The molecule has 2 aromatic heterocycles. The topological polar surface area (TPSA) is 56.0 Å². The molecule has 118 valence electrons. The van der Waals surface area contributed by atoms with E-state index in [1.54, 1.807) is 4.68 Å². The minimum atomic E-state index is 0.101. The second-order valence-corrected chi connectivity index (χ2v) is 6.02. The summed E-state index contributed by atoms with van der Waals surface area (Å²) in [6, 6.07) is 12.0. The molecule has 3 heterocycles. The Hall–Kier alpha value is -2.63. The Balaban J connectivity index is 1.58. The SMILES string of the molecule is Cn1cccc1C1CCCN1C(=O)Cn1nnc2ccccc21. The Morgan fingerprint density at radius 2 is 2.13 bits per heavy atom. The quantitative estimate of drug-likeness (QED) is 0.745. The minimum absolute atomic E-state index is 0.101. The molecular weight excluding hydrogens is 290 g/mol. The van der Waals surface area contributed by atoms with Gasteiger partial charge in [-0.15, -0.1) is 5.10 Å². The number of likely N-dealkylation sites (tertiary alicyclic amines) is 1. The fourth-order valence-electron chi connectivity index (χ4n) is 3.45. The number of benzene rings is 1. The molecule has 1 aromatic carbocycles. The average Bonchev–Trinajstić information content (AvgIpc) is 3.27. The lowest BCUT2D eigenvalue weighted by atomic mass is 10.1. The van der Waals surface area contributed by atoms with E-state index in [9.17, 15) is 4.79 Å². The van der Waals surface area contributed by atoms with Gasteiger partial charge < -0.3 is 9.47 Å². The summed E-state index contributed by atoms with van der Waals surface area (Å²) in [6.45, 7) is 1.04. The number of rotatable bonds is 3. The van der Waals surface area contributed by atoms with Crippen LogP contribution in [0.2, 0.25) is 0 Å². The fourth-order valence-corrected chi connectivity index (χ4v) is 3.45. The molecule has 1 aliphatic rings. The van der Waals surface area contributed by atoms with Crippen LogP contribution in [0.15, 0.2) is 42.6 Å². The van der Waals surface area contributed by atoms with Crippen molar-refractivity contribution >= 4 is 16.9 Å². The Morgan fingerprint density at radius 1 is 1.26 bits per heavy atom. The summed E-state index contributed by atoms with van der Waals surface area (Å²) in [5.41, 5.74) is 2.91. The molecule has 1 aliphatic heterocycles. The van der Waals surface area contributed by atoms with Crippen LogP contribution in [0.1, 0.15) is 24.6 Å². The molecule has 0 aliphatic carbocycles. The van der Waals surface area contributed by atoms with Gasteiger partial charge in [-0.2, -0.15) is 0 Å². The fraction of sp³-hybridized carbons (Fsp3) is 0.353.